The Balaban J connectivity index is 2.14. The second-order valence-corrected chi connectivity index (χ2v) is 4.50. The number of carbonyl (C=O) groups is 1. The number of carboxylic acid groups (broad SMARTS) is 1. The number of rotatable bonds is 4. The lowest BCUT2D eigenvalue weighted by Gasteiger charge is -2.21. The summed E-state index contributed by atoms with van der Waals surface area (Å²) in [5, 5.41) is 21.1. The first-order valence-corrected chi connectivity index (χ1v) is 5.68. The highest BCUT2D eigenvalue weighted by atomic mass is 19.1. The minimum atomic E-state index is -1.41. The fourth-order valence-corrected chi connectivity index (χ4v) is 1.85. The Morgan fingerprint density at radius 3 is 2.53 bits per heavy atom. The molecule has 2 rings (SSSR count). The summed E-state index contributed by atoms with van der Waals surface area (Å²) in [5.41, 5.74) is -2.08. The number of halogens is 2. The summed E-state index contributed by atoms with van der Waals surface area (Å²) < 4.78 is 32.2. The molecule has 1 aromatic carbocycles. The van der Waals surface area contributed by atoms with E-state index in [1.165, 1.54) is 0 Å². The van der Waals surface area contributed by atoms with Crippen LogP contribution in [0.3, 0.4) is 0 Å². The third-order valence-corrected chi connectivity index (χ3v) is 2.97. The van der Waals surface area contributed by atoms with Crippen LogP contribution >= 0.6 is 0 Å². The number of carboxylic acids is 1. The fourth-order valence-electron chi connectivity index (χ4n) is 1.85. The first kappa shape index (κ1) is 13.7. The summed E-state index contributed by atoms with van der Waals surface area (Å²) >= 11 is 0. The van der Waals surface area contributed by atoms with Crippen LogP contribution in [0.4, 0.5) is 14.5 Å². The molecule has 1 heterocycles. The van der Waals surface area contributed by atoms with Crippen LogP contribution in [0.5, 0.6) is 0 Å². The number of ether oxygens (including phenoxy) is 1. The van der Waals surface area contributed by atoms with Gasteiger partial charge in [-0.1, -0.05) is 0 Å². The zero-order chi connectivity index (χ0) is 14.0. The van der Waals surface area contributed by atoms with Crippen molar-refractivity contribution in [1.82, 2.24) is 0 Å². The summed E-state index contributed by atoms with van der Waals surface area (Å²) in [7, 11) is 0. The van der Waals surface area contributed by atoms with Gasteiger partial charge in [-0.05, 0) is 12.1 Å². The van der Waals surface area contributed by atoms with Gasteiger partial charge in [0.1, 0.15) is 22.9 Å². The molecule has 1 atom stereocenters. The van der Waals surface area contributed by atoms with Gasteiger partial charge in [0.05, 0.1) is 12.2 Å². The van der Waals surface area contributed by atoms with Gasteiger partial charge in [-0.15, -0.1) is 0 Å². The van der Waals surface area contributed by atoms with Crippen LogP contribution in [0, 0.1) is 11.6 Å². The van der Waals surface area contributed by atoms with E-state index < -0.39 is 34.5 Å². The largest absolute Gasteiger partial charge is 0.478 e. The molecule has 7 heteroatoms. The van der Waals surface area contributed by atoms with Crippen LogP contribution in [-0.2, 0) is 4.74 Å². The van der Waals surface area contributed by atoms with Crippen molar-refractivity contribution in [1.29, 1.82) is 0 Å². The highest BCUT2D eigenvalue weighted by Crippen LogP contribution is 2.24. The number of benzene rings is 1. The number of anilines is 1. The van der Waals surface area contributed by atoms with Crippen LogP contribution < -0.4 is 5.32 Å². The average Bonchev–Trinajstić information content (AvgIpc) is 2.75. The predicted molar refractivity (Wildman–Crippen MR) is 62.2 cm³/mol. The maximum absolute atomic E-state index is 13.6. The van der Waals surface area contributed by atoms with Crippen molar-refractivity contribution in [3.05, 3.63) is 29.3 Å². The van der Waals surface area contributed by atoms with Gasteiger partial charge in [0, 0.05) is 19.6 Å². The zero-order valence-electron chi connectivity index (χ0n) is 9.95. The van der Waals surface area contributed by atoms with E-state index in [1.54, 1.807) is 0 Å². The normalized spacial score (nSPS) is 22.5. The highest BCUT2D eigenvalue weighted by Gasteiger charge is 2.32. The highest BCUT2D eigenvalue weighted by molar-refractivity contribution is 5.88. The molecule has 104 valence electrons. The smallest absolute Gasteiger partial charge is 0.335 e. The molecule has 0 radical (unpaired) electrons. The lowest BCUT2D eigenvalue weighted by Crippen LogP contribution is -2.37. The first-order chi connectivity index (χ1) is 8.91. The monoisotopic (exact) mass is 273 g/mol. The zero-order valence-corrected chi connectivity index (χ0v) is 9.95. The molecule has 0 saturated carbocycles. The van der Waals surface area contributed by atoms with Gasteiger partial charge in [-0.3, -0.25) is 0 Å². The number of hydrogen-bond acceptors (Lipinski definition) is 4. The molecule has 1 saturated heterocycles. The van der Waals surface area contributed by atoms with Crippen molar-refractivity contribution < 1.29 is 28.5 Å². The molecule has 0 bridgehead atoms. The molecule has 19 heavy (non-hydrogen) atoms. The van der Waals surface area contributed by atoms with E-state index >= 15 is 0 Å². The topological polar surface area (TPSA) is 78.8 Å². The molecule has 0 amide bonds. The van der Waals surface area contributed by atoms with Gasteiger partial charge in [-0.2, -0.15) is 0 Å². The van der Waals surface area contributed by atoms with Crippen molar-refractivity contribution in [3.63, 3.8) is 0 Å². The van der Waals surface area contributed by atoms with E-state index in [1.807, 2.05) is 0 Å². The SMILES string of the molecule is O=C(O)c1cc(F)c(NCC2(O)CCOC2)c(F)c1. The van der Waals surface area contributed by atoms with Crippen LogP contribution in [0.1, 0.15) is 16.8 Å². The Kier molecular flexibility index (Phi) is 3.68. The quantitative estimate of drug-likeness (QED) is 0.769. The Bertz CT molecular complexity index is 477. The lowest BCUT2D eigenvalue weighted by molar-refractivity contribution is 0.0381. The minimum absolute atomic E-state index is 0.0761. The van der Waals surface area contributed by atoms with Gasteiger partial charge >= 0.3 is 5.97 Å². The van der Waals surface area contributed by atoms with E-state index in [0.29, 0.717) is 13.0 Å². The van der Waals surface area contributed by atoms with Gasteiger partial charge in [0.2, 0.25) is 0 Å². The van der Waals surface area contributed by atoms with E-state index in [0.717, 1.165) is 12.1 Å². The average molecular weight is 273 g/mol. The van der Waals surface area contributed by atoms with Gasteiger partial charge in [0.25, 0.3) is 0 Å². The maximum atomic E-state index is 13.6. The number of aromatic carboxylic acids is 1. The molecular formula is C12H13F2NO4. The summed E-state index contributed by atoms with van der Waals surface area (Å²) in [6, 6.07) is 1.45. The molecule has 1 fully saturated rings. The van der Waals surface area contributed by atoms with Crippen LogP contribution in [0.15, 0.2) is 12.1 Å². The summed E-state index contributed by atoms with van der Waals surface area (Å²) in [6.45, 7) is 0.408. The lowest BCUT2D eigenvalue weighted by atomic mass is 10.0. The molecule has 1 aliphatic rings. The van der Waals surface area contributed by atoms with E-state index in [2.05, 4.69) is 5.32 Å². The first-order valence-electron chi connectivity index (χ1n) is 5.68. The van der Waals surface area contributed by atoms with Crippen molar-refractivity contribution in [2.75, 3.05) is 25.1 Å². The number of hydrogen-bond donors (Lipinski definition) is 3. The Hall–Kier alpha value is -1.73. The minimum Gasteiger partial charge on any atom is -0.478 e. The van der Waals surface area contributed by atoms with Gasteiger partial charge in [-0.25, -0.2) is 13.6 Å². The number of nitrogens with one attached hydrogen (secondary N) is 1. The second-order valence-electron chi connectivity index (χ2n) is 4.50. The fraction of sp³-hybridized carbons (Fsp3) is 0.417. The molecule has 3 N–H and O–H groups in total. The molecule has 5 nitrogen and oxygen atoms in total. The molecule has 0 aromatic heterocycles. The summed E-state index contributed by atoms with van der Waals surface area (Å²) in [5.74, 6) is -3.44. The Morgan fingerprint density at radius 2 is 2.05 bits per heavy atom. The summed E-state index contributed by atoms with van der Waals surface area (Å²) in [4.78, 5) is 10.6. The van der Waals surface area contributed by atoms with Crippen molar-refractivity contribution in [3.8, 4) is 0 Å². The predicted octanol–water partition coefficient (Wildman–Crippen LogP) is 1.23. The number of aliphatic hydroxyl groups is 1. The second kappa shape index (κ2) is 5.10. The van der Waals surface area contributed by atoms with Crippen molar-refractivity contribution in [2.45, 2.75) is 12.0 Å². The third-order valence-electron chi connectivity index (χ3n) is 2.97. The summed E-state index contributed by atoms with van der Waals surface area (Å²) in [6.07, 6.45) is 0.371. The van der Waals surface area contributed by atoms with Gasteiger partial charge in [0.15, 0.2) is 0 Å². The van der Waals surface area contributed by atoms with Crippen LogP contribution in [0.2, 0.25) is 0 Å². The van der Waals surface area contributed by atoms with Crippen molar-refractivity contribution in [2.24, 2.45) is 0 Å². The molecule has 1 aliphatic heterocycles. The molecule has 1 unspecified atom stereocenters. The molecular weight excluding hydrogens is 260 g/mol. The Labute approximate surface area is 107 Å². The standard InChI is InChI=1S/C12H13F2NO4/c13-8-3-7(11(16)17)4-9(14)10(8)15-5-12(18)1-2-19-6-12/h3-4,15,18H,1-2,5-6H2,(H,16,17). The van der Waals surface area contributed by atoms with E-state index in [4.69, 9.17) is 9.84 Å². The van der Waals surface area contributed by atoms with Crippen LogP contribution in [-0.4, -0.2) is 41.5 Å². The van der Waals surface area contributed by atoms with E-state index in [-0.39, 0.29) is 13.2 Å². The molecule has 1 aromatic rings. The van der Waals surface area contributed by atoms with E-state index in [9.17, 15) is 18.7 Å². The molecule has 0 aliphatic carbocycles. The van der Waals surface area contributed by atoms with Crippen molar-refractivity contribution >= 4 is 11.7 Å². The molecule has 0 spiro atoms. The van der Waals surface area contributed by atoms with Crippen LogP contribution in [0.25, 0.3) is 0 Å². The third kappa shape index (κ3) is 2.99. The maximum Gasteiger partial charge on any atom is 0.335 e. The van der Waals surface area contributed by atoms with Gasteiger partial charge < -0.3 is 20.3 Å². The Morgan fingerprint density at radius 1 is 1.42 bits per heavy atom.